The summed E-state index contributed by atoms with van der Waals surface area (Å²) in [4.78, 5) is 142. The maximum atomic E-state index is 15.0. The predicted molar refractivity (Wildman–Crippen MR) is 279 cm³/mol. The molecule has 1 aromatic carbocycles. The normalized spacial score (nSPS) is 25.6. The SMILES string of the molecule is CC[C@H](C)[C@@H]1NC(=O)CNC(=O)C2Cc3c([nH]c4cc(OCCCCCCNC(=O)OC(C)(C)C)ccc34)S(=O)CC(NC(=O)CNC1=O)C(=O)N[C@@H](CC(N)=O)C(=O)N1CC(O)C[C@H]1C(=O)N[C@@H]([C@@H](C)[C@@H](O)CO)C(=O)N2. The number of alkyl carbamates (subject to hydrolysis) is 1. The molecule has 10 amide bonds. The van der Waals surface area contributed by atoms with E-state index in [1.165, 1.54) is 6.92 Å². The predicted octanol–water partition coefficient (Wildman–Crippen LogP) is -3.16. The number of carbonyl (C=O) groups is 10. The second-order valence-corrected chi connectivity index (χ2v) is 22.3. The number of aromatic nitrogens is 1. The van der Waals surface area contributed by atoms with Gasteiger partial charge in [-0.05, 0) is 57.2 Å². The molecular formula is C50H75N11O16S. The number of primary amides is 1. The van der Waals surface area contributed by atoms with Crippen LogP contribution in [-0.2, 0) is 65.1 Å². The molecule has 0 saturated carbocycles. The number of aliphatic hydroxyl groups excluding tert-OH is 3. The van der Waals surface area contributed by atoms with Gasteiger partial charge in [-0.1, -0.05) is 40.0 Å². The van der Waals surface area contributed by atoms with Gasteiger partial charge in [-0.15, -0.1) is 0 Å². The maximum Gasteiger partial charge on any atom is 0.407 e. The fraction of sp³-hybridized carbons (Fsp3) is 0.640. The third-order valence-corrected chi connectivity index (χ3v) is 15.0. The molecule has 2 aromatic rings. The minimum atomic E-state index is -2.39. The zero-order chi connectivity index (χ0) is 57.6. The third kappa shape index (κ3) is 17.3. The van der Waals surface area contributed by atoms with Gasteiger partial charge in [-0.3, -0.25) is 47.4 Å². The molecule has 2 bridgehead atoms. The van der Waals surface area contributed by atoms with E-state index in [9.17, 15) is 67.5 Å². The molecule has 11 atom stereocenters. The van der Waals surface area contributed by atoms with E-state index in [-0.39, 0.29) is 17.2 Å². The van der Waals surface area contributed by atoms with Gasteiger partial charge in [-0.2, -0.15) is 0 Å². The summed E-state index contributed by atoms with van der Waals surface area (Å²) in [5.74, 6) is -11.4. The Balaban J connectivity index is 1.62. The quantitative estimate of drug-likeness (QED) is 0.0783. The van der Waals surface area contributed by atoms with Crippen molar-refractivity contribution < 1.29 is 76.9 Å². The number of H-pyrrole nitrogens is 1. The molecule has 0 radical (unpaired) electrons. The van der Waals surface area contributed by atoms with Gasteiger partial charge >= 0.3 is 6.09 Å². The molecule has 78 heavy (non-hydrogen) atoms. The van der Waals surface area contributed by atoms with Crippen LogP contribution in [0.15, 0.2) is 23.2 Å². The lowest BCUT2D eigenvalue weighted by molar-refractivity contribution is -0.144. The average Bonchev–Trinajstić information content (AvgIpc) is 3.97. The van der Waals surface area contributed by atoms with E-state index in [0.717, 1.165) is 17.7 Å². The van der Waals surface area contributed by atoms with Crippen molar-refractivity contribution in [3.05, 3.63) is 23.8 Å². The van der Waals surface area contributed by atoms with Crippen LogP contribution in [0.3, 0.4) is 0 Å². The highest BCUT2D eigenvalue weighted by atomic mass is 32.2. The molecule has 0 aliphatic carbocycles. The van der Waals surface area contributed by atoms with E-state index < -0.39 is 187 Å². The molecule has 432 valence electrons. The van der Waals surface area contributed by atoms with Gasteiger partial charge in [0.1, 0.15) is 52.6 Å². The molecule has 3 aliphatic rings. The molecule has 5 rings (SSSR count). The van der Waals surface area contributed by atoms with Gasteiger partial charge in [0.2, 0.25) is 53.2 Å². The number of hydrogen-bond acceptors (Lipinski definition) is 16. The number of ether oxygens (including phenoxy) is 2. The minimum Gasteiger partial charge on any atom is -0.494 e. The van der Waals surface area contributed by atoms with Crippen LogP contribution in [-0.4, -0.2) is 188 Å². The standard InChI is InChI=1S/C50H75N11O16S/c1-7-25(2)40-45(71)54-20-38(66)55-34-24-78(75)47-30(29-13-12-28(17-31(29)58-47)76-15-11-9-8-10-14-52-49(74)77-50(4,5)6)18-32(42(68)53-21-39(67)59-40)56-46(72)41(26(3)36(64)23-62)60-44(70)35-16-27(63)22-61(35)48(73)33(19-37(51)65)57-43(34)69/h12-13,17,25-27,32-36,40-41,58,62-64H,7-11,14-16,18-24H2,1-6H3,(H2,51,65)(H,52,74)(H,53,68)(H,54,71)(H,55,66)(H,56,72)(H,57,69)(H,59,67)(H,60,70)/t25-,26-,27?,32?,33-,34?,35-,36-,40-,41-,78?/m0/s1. The van der Waals surface area contributed by atoms with E-state index in [1.807, 2.05) is 0 Å². The molecule has 4 unspecified atom stereocenters. The summed E-state index contributed by atoms with van der Waals surface area (Å²) in [6.45, 7) is 7.77. The first-order valence-electron chi connectivity index (χ1n) is 26.0. The molecular weight excluding hydrogens is 1040 g/mol. The number of unbranched alkanes of at least 4 members (excludes halogenated alkanes) is 3. The summed E-state index contributed by atoms with van der Waals surface area (Å²) < 4.78 is 26.3. The van der Waals surface area contributed by atoms with Crippen LogP contribution in [0.5, 0.6) is 5.75 Å². The van der Waals surface area contributed by atoms with E-state index in [4.69, 9.17) is 15.2 Å². The second kappa shape index (κ2) is 28.1. The Bertz CT molecular complexity index is 2570. The van der Waals surface area contributed by atoms with Gasteiger partial charge in [0.05, 0.1) is 67.0 Å². The lowest BCUT2D eigenvalue weighted by Gasteiger charge is -2.32. The van der Waals surface area contributed by atoms with Crippen LogP contribution in [0.4, 0.5) is 4.79 Å². The van der Waals surface area contributed by atoms with Crippen molar-refractivity contribution in [1.82, 2.24) is 52.4 Å². The smallest absolute Gasteiger partial charge is 0.407 e. The average molecular weight is 1120 g/mol. The number of rotatable bonds is 15. The molecule has 1 saturated heterocycles. The highest BCUT2D eigenvalue weighted by Crippen LogP contribution is 2.31. The number of fused-ring (bicyclic) bond motifs is 5. The number of nitrogens with two attached hydrogens (primary N) is 1. The first kappa shape index (κ1) is 61.9. The van der Waals surface area contributed by atoms with Crippen molar-refractivity contribution in [2.45, 2.75) is 152 Å². The molecule has 0 spiro atoms. The number of carbonyl (C=O) groups excluding carboxylic acids is 10. The van der Waals surface area contributed by atoms with Crippen molar-refractivity contribution >= 4 is 81.0 Å². The molecule has 1 fully saturated rings. The van der Waals surface area contributed by atoms with Crippen LogP contribution < -0.4 is 53.0 Å². The number of nitrogens with one attached hydrogen (secondary N) is 9. The Labute approximate surface area is 453 Å². The van der Waals surface area contributed by atoms with Crippen molar-refractivity contribution in [1.29, 1.82) is 0 Å². The Kier molecular flexibility index (Phi) is 22.3. The van der Waals surface area contributed by atoms with Gasteiger partial charge in [0.25, 0.3) is 0 Å². The number of benzene rings is 1. The van der Waals surface area contributed by atoms with Crippen LogP contribution in [0.2, 0.25) is 0 Å². The van der Waals surface area contributed by atoms with Crippen LogP contribution in [0.25, 0.3) is 10.9 Å². The minimum absolute atomic E-state index is 0.123. The Morgan fingerprint density at radius 2 is 1.54 bits per heavy atom. The lowest BCUT2D eigenvalue weighted by Crippen LogP contribution is -2.62. The molecule has 14 N–H and O–H groups in total. The Morgan fingerprint density at radius 1 is 0.859 bits per heavy atom. The summed E-state index contributed by atoms with van der Waals surface area (Å²) in [6.07, 6.45) is -2.11. The Hall–Kier alpha value is -6.91. The zero-order valence-electron chi connectivity index (χ0n) is 44.7. The fourth-order valence-corrected chi connectivity index (χ4v) is 10.5. The summed E-state index contributed by atoms with van der Waals surface area (Å²) in [5.41, 5.74) is 5.35. The first-order chi connectivity index (χ1) is 36.8. The molecule has 28 heteroatoms. The van der Waals surface area contributed by atoms with Crippen LogP contribution >= 0.6 is 0 Å². The summed E-state index contributed by atoms with van der Waals surface area (Å²) >= 11 is 0. The zero-order valence-corrected chi connectivity index (χ0v) is 45.5. The third-order valence-electron chi connectivity index (χ3n) is 13.5. The second-order valence-electron chi connectivity index (χ2n) is 20.8. The molecule has 27 nitrogen and oxygen atoms in total. The largest absolute Gasteiger partial charge is 0.494 e. The first-order valence-corrected chi connectivity index (χ1v) is 27.4. The van der Waals surface area contributed by atoms with Crippen molar-refractivity contribution in [2.75, 3.05) is 45.1 Å². The molecule has 3 aliphatic heterocycles. The highest BCUT2D eigenvalue weighted by molar-refractivity contribution is 7.85. The fourth-order valence-electron chi connectivity index (χ4n) is 9.06. The van der Waals surface area contributed by atoms with Crippen LogP contribution in [0.1, 0.15) is 92.1 Å². The lowest BCUT2D eigenvalue weighted by atomic mass is 9.93. The molecule has 4 heterocycles. The Morgan fingerprint density at radius 3 is 2.21 bits per heavy atom. The number of aliphatic hydroxyl groups is 3. The maximum absolute atomic E-state index is 15.0. The number of hydrogen-bond donors (Lipinski definition) is 13. The highest BCUT2D eigenvalue weighted by Gasteiger charge is 2.45. The van der Waals surface area contributed by atoms with E-state index in [0.29, 0.717) is 42.5 Å². The summed E-state index contributed by atoms with van der Waals surface area (Å²) in [5, 5.41) is 52.0. The number of amides is 10. The monoisotopic (exact) mass is 1120 g/mol. The number of nitrogens with zero attached hydrogens (tertiary/aromatic N) is 1. The van der Waals surface area contributed by atoms with Crippen molar-refractivity contribution in [2.24, 2.45) is 17.6 Å². The summed E-state index contributed by atoms with van der Waals surface area (Å²) in [6, 6.07) is -5.23. The van der Waals surface area contributed by atoms with E-state index in [1.54, 1.807) is 52.8 Å². The topological polar surface area (TPSA) is 408 Å². The number of aromatic amines is 1. The van der Waals surface area contributed by atoms with Gasteiger partial charge in [0, 0.05) is 43.3 Å². The van der Waals surface area contributed by atoms with Gasteiger partial charge < -0.3 is 82.9 Å². The van der Waals surface area contributed by atoms with Crippen molar-refractivity contribution in [3.8, 4) is 5.75 Å². The summed E-state index contributed by atoms with van der Waals surface area (Å²) in [7, 11) is -2.39. The van der Waals surface area contributed by atoms with Crippen LogP contribution in [0, 0.1) is 11.8 Å². The molecule has 1 aromatic heterocycles. The van der Waals surface area contributed by atoms with E-state index >= 15 is 0 Å². The van der Waals surface area contributed by atoms with Gasteiger partial charge in [-0.25, -0.2) is 4.79 Å². The van der Waals surface area contributed by atoms with E-state index in [2.05, 4.69) is 47.5 Å². The van der Waals surface area contributed by atoms with Gasteiger partial charge in [0.15, 0.2) is 0 Å². The van der Waals surface area contributed by atoms with Crippen molar-refractivity contribution in [3.63, 3.8) is 0 Å².